The zero-order chi connectivity index (χ0) is 14.0. The summed E-state index contributed by atoms with van der Waals surface area (Å²) in [5, 5.41) is 0. The molecule has 0 spiro atoms. The second-order valence-electron chi connectivity index (χ2n) is 3.49. The van der Waals surface area contributed by atoms with Gasteiger partial charge in [0.15, 0.2) is 6.61 Å². The van der Waals surface area contributed by atoms with Crippen LogP contribution in [0.3, 0.4) is 0 Å². The molecule has 0 saturated carbocycles. The summed E-state index contributed by atoms with van der Waals surface area (Å²) in [5.74, 6) is -4.91. The fraction of sp³-hybridized carbons (Fsp3) is 0.400. The van der Waals surface area contributed by atoms with E-state index < -0.39 is 24.9 Å². The molecule has 2 N–H and O–H groups in total. The summed E-state index contributed by atoms with van der Waals surface area (Å²) in [6.45, 7) is -1.75. The van der Waals surface area contributed by atoms with Crippen LogP contribution in [0.2, 0.25) is 0 Å². The second-order valence-corrected chi connectivity index (χ2v) is 3.49. The Bertz CT molecular complexity index is 406. The molecule has 0 aliphatic rings. The lowest BCUT2D eigenvalue weighted by Crippen LogP contribution is -2.45. The number of para-hydroxylation sites is 2. The average Bonchev–Trinajstić information content (AvgIpc) is 2.26. The Balaban J connectivity index is 2.71. The SMILES string of the molecule is Nc1ccccc1OCC(F)(F)[C@@H](F)C(F)(F)F. The zero-order valence-corrected chi connectivity index (χ0v) is 8.85. The van der Waals surface area contributed by atoms with Gasteiger partial charge in [0.1, 0.15) is 5.75 Å². The normalized spacial score (nSPS) is 14.3. The van der Waals surface area contributed by atoms with Gasteiger partial charge < -0.3 is 10.5 Å². The minimum Gasteiger partial charge on any atom is -0.485 e. The molecule has 0 saturated heterocycles. The van der Waals surface area contributed by atoms with Crippen LogP contribution in [0.1, 0.15) is 0 Å². The molecule has 18 heavy (non-hydrogen) atoms. The van der Waals surface area contributed by atoms with Crippen LogP contribution < -0.4 is 10.5 Å². The summed E-state index contributed by atoms with van der Waals surface area (Å²) in [6, 6.07) is 5.37. The van der Waals surface area contributed by atoms with Gasteiger partial charge in [-0.25, -0.2) is 4.39 Å². The van der Waals surface area contributed by atoms with Crippen molar-refractivity contribution in [2.24, 2.45) is 0 Å². The molecule has 0 fully saturated rings. The van der Waals surface area contributed by atoms with Gasteiger partial charge >= 0.3 is 12.1 Å². The van der Waals surface area contributed by atoms with Crippen LogP contribution in [-0.4, -0.2) is 24.9 Å². The van der Waals surface area contributed by atoms with Gasteiger partial charge in [0, 0.05) is 0 Å². The molecule has 1 rings (SSSR count). The molecule has 8 heteroatoms. The molecular formula is C10H9F6NO. The third-order valence-electron chi connectivity index (χ3n) is 2.00. The first-order chi connectivity index (χ1) is 8.14. The van der Waals surface area contributed by atoms with Crippen molar-refractivity contribution in [1.29, 1.82) is 0 Å². The summed E-state index contributed by atoms with van der Waals surface area (Å²) < 4.78 is 78.1. The maximum Gasteiger partial charge on any atom is 0.425 e. The van der Waals surface area contributed by atoms with Gasteiger partial charge in [-0.3, -0.25) is 0 Å². The van der Waals surface area contributed by atoms with E-state index in [1.54, 1.807) is 0 Å². The predicted molar refractivity (Wildman–Crippen MR) is 52.2 cm³/mol. The van der Waals surface area contributed by atoms with Gasteiger partial charge in [0.25, 0.3) is 6.17 Å². The minimum atomic E-state index is -5.64. The van der Waals surface area contributed by atoms with Gasteiger partial charge in [0.05, 0.1) is 5.69 Å². The summed E-state index contributed by atoms with van der Waals surface area (Å²) in [4.78, 5) is 0. The van der Waals surface area contributed by atoms with Crippen molar-refractivity contribution in [1.82, 2.24) is 0 Å². The number of rotatable bonds is 4. The fourth-order valence-corrected chi connectivity index (χ4v) is 1.10. The van der Waals surface area contributed by atoms with E-state index in [-0.39, 0.29) is 11.4 Å². The largest absolute Gasteiger partial charge is 0.485 e. The Kier molecular flexibility index (Phi) is 3.98. The predicted octanol–water partition coefficient (Wildman–Crippen LogP) is 3.18. The smallest absolute Gasteiger partial charge is 0.425 e. The van der Waals surface area contributed by atoms with Gasteiger partial charge in [-0.05, 0) is 12.1 Å². The Labute approximate surface area is 98.3 Å². The molecule has 0 unspecified atom stereocenters. The fourth-order valence-electron chi connectivity index (χ4n) is 1.10. The molecule has 1 aromatic carbocycles. The number of benzene rings is 1. The molecule has 0 heterocycles. The van der Waals surface area contributed by atoms with Crippen molar-refractivity contribution in [3.63, 3.8) is 0 Å². The first-order valence-electron chi connectivity index (χ1n) is 4.70. The number of hydrogen-bond donors (Lipinski definition) is 1. The highest BCUT2D eigenvalue weighted by Gasteiger charge is 2.57. The number of hydrogen-bond acceptors (Lipinski definition) is 2. The topological polar surface area (TPSA) is 35.2 Å². The molecule has 0 aromatic heterocycles. The van der Waals surface area contributed by atoms with Crippen LogP contribution >= 0.6 is 0 Å². The van der Waals surface area contributed by atoms with Gasteiger partial charge in [-0.15, -0.1) is 0 Å². The second kappa shape index (κ2) is 4.95. The number of halogens is 6. The Morgan fingerprint density at radius 2 is 1.67 bits per heavy atom. The maximum atomic E-state index is 12.9. The van der Waals surface area contributed by atoms with Crippen LogP contribution in [0.25, 0.3) is 0 Å². The minimum absolute atomic E-state index is 0.0317. The van der Waals surface area contributed by atoms with Crippen LogP contribution in [0.4, 0.5) is 32.0 Å². The maximum absolute atomic E-state index is 12.9. The lowest BCUT2D eigenvalue weighted by molar-refractivity contribution is -0.249. The van der Waals surface area contributed by atoms with Crippen LogP contribution in [0, 0.1) is 0 Å². The Hall–Kier alpha value is -1.60. The van der Waals surface area contributed by atoms with Crippen molar-refractivity contribution in [2.75, 3.05) is 12.3 Å². The molecule has 1 atom stereocenters. The Morgan fingerprint density at radius 3 is 2.17 bits per heavy atom. The van der Waals surface area contributed by atoms with Crippen molar-refractivity contribution in [3.05, 3.63) is 24.3 Å². The van der Waals surface area contributed by atoms with Gasteiger partial charge in [-0.1, -0.05) is 12.1 Å². The van der Waals surface area contributed by atoms with Crippen LogP contribution in [-0.2, 0) is 0 Å². The highest BCUT2D eigenvalue weighted by Crippen LogP contribution is 2.35. The molecule has 1 aromatic rings. The molecule has 2 nitrogen and oxygen atoms in total. The van der Waals surface area contributed by atoms with Crippen molar-refractivity contribution in [3.8, 4) is 5.75 Å². The van der Waals surface area contributed by atoms with Crippen molar-refractivity contribution in [2.45, 2.75) is 18.3 Å². The number of alkyl halides is 6. The summed E-state index contributed by atoms with van der Waals surface area (Å²) in [5.41, 5.74) is 5.29. The van der Waals surface area contributed by atoms with Crippen molar-refractivity contribution >= 4 is 5.69 Å². The molecule has 102 valence electrons. The summed E-state index contributed by atoms with van der Waals surface area (Å²) >= 11 is 0. The zero-order valence-electron chi connectivity index (χ0n) is 8.85. The number of nitrogens with two attached hydrogens (primary N) is 1. The molecule has 0 radical (unpaired) electrons. The number of nitrogen functional groups attached to an aromatic ring is 1. The average molecular weight is 273 g/mol. The van der Waals surface area contributed by atoms with E-state index in [1.807, 2.05) is 0 Å². The molecule has 0 bridgehead atoms. The van der Waals surface area contributed by atoms with E-state index in [0.717, 1.165) is 0 Å². The lowest BCUT2D eigenvalue weighted by atomic mass is 10.2. The molecule has 0 amide bonds. The first-order valence-corrected chi connectivity index (χ1v) is 4.70. The van der Waals surface area contributed by atoms with E-state index >= 15 is 0 Å². The molecular weight excluding hydrogens is 264 g/mol. The van der Waals surface area contributed by atoms with E-state index in [0.29, 0.717) is 0 Å². The number of ether oxygens (including phenoxy) is 1. The number of anilines is 1. The lowest BCUT2D eigenvalue weighted by Gasteiger charge is -2.22. The quantitative estimate of drug-likeness (QED) is 0.675. The van der Waals surface area contributed by atoms with E-state index in [9.17, 15) is 26.3 Å². The Morgan fingerprint density at radius 1 is 1.11 bits per heavy atom. The van der Waals surface area contributed by atoms with E-state index in [1.165, 1.54) is 24.3 Å². The monoisotopic (exact) mass is 273 g/mol. The third-order valence-corrected chi connectivity index (χ3v) is 2.00. The first kappa shape index (κ1) is 14.5. The highest BCUT2D eigenvalue weighted by molar-refractivity contribution is 5.51. The van der Waals surface area contributed by atoms with E-state index in [2.05, 4.69) is 4.74 Å². The third kappa shape index (κ3) is 3.44. The van der Waals surface area contributed by atoms with Crippen LogP contribution in [0.5, 0.6) is 5.75 Å². The molecule has 0 aliphatic carbocycles. The van der Waals surface area contributed by atoms with Gasteiger partial charge in [0.2, 0.25) is 0 Å². The van der Waals surface area contributed by atoms with Crippen molar-refractivity contribution < 1.29 is 31.1 Å². The van der Waals surface area contributed by atoms with Gasteiger partial charge in [-0.2, -0.15) is 22.0 Å². The molecule has 0 aliphatic heterocycles. The van der Waals surface area contributed by atoms with E-state index in [4.69, 9.17) is 5.73 Å². The highest BCUT2D eigenvalue weighted by atomic mass is 19.4. The summed E-state index contributed by atoms with van der Waals surface area (Å²) in [6.07, 6.45) is -9.93. The standard InChI is InChI=1S/C10H9F6NO/c11-8(10(14,15)16)9(12,13)5-18-7-4-2-1-3-6(7)17/h1-4,8H,5,17H2/t8-/m1/s1. The van der Waals surface area contributed by atoms with Crippen LogP contribution in [0.15, 0.2) is 24.3 Å². The summed E-state index contributed by atoms with van der Waals surface area (Å²) in [7, 11) is 0.